The van der Waals surface area contributed by atoms with E-state index in [-0.39, 0.29) is 16.6 Å². The van der Waals surface area contributed by atoms with Crippen molar-refractivity contribution in [1.29, 1.82) is 0 Å². The van der Waals surface area contributed by atoms with Crippen molar-refractivity contribution >= 4 is 34.0 Å². The minimum Gasteiger partial charge on any atom is -0.497 e. The first-order valence-corrected chi connectivity index (χ1v) is 8.19. The van der Waals surface area contributed by atoms with Gasteiger partial charge in [0.2, 0.25) is 5.91 Å². The Bertz CT molecular complexity index is 942. The Labute approximate surface area is 150 Å². The third-order valence-corrected chi connectivity index (χ3v) is 4.39. The largest absolute Gasteiger partial charge is 0.497 e. The highest BCUT2D eigenvalue weighted by Gasteiger charge is 2.17. The van der Waals surface area contributed by atoms with E-state index in [1.54, 1.807) is 14.0 Å². The lowest BCUT2D eigenvalue weighted by Crippen LogP contribution is -2.19. The molecule has 0 aromatic heterocycles. The summed E-state index contributed by atoms with van der Waals surface area (Å²) in [4.78, 5) is 12.5. The molecule has 5 heteroatoms. The Morgan fingerprint density at radius 2 is 1.80 bits per heavy atom. The number of fused-ring (bicyclic) bond motifs is 1. The predicted molar refractivity (Wildman–Crippen MR) is 99.0 cm³/mol. The lowest BCUT2D eigenvalue weighted by molar-refractivity contribution is -0.117. The maximum atomic E-state index is 13.8. The maximum absolute atomic E-state index is 13.8. The van der Waals surface area contributed by atoms with E-state index in [1.807, 2.05) is 36.4 Å². The van der Waals surface area contributed by atoms with Gasteiger partial charge in [-0.1, -0.05) is 35.9 Å². The number of amides is 1. The average Bonchev–Trinajstić information content (AvgIpc) is 2.62. The first kappa shape index (κ1) is 17.2. The molecule has 0 aliphatic rings. The average molecular weight is 358 g/mol. The van der Waals surface area contributed by atoms with Crippen LogP contribution in [0.5, 0.6) is 5.75 Å². The molecule has 0 unspecified atom stereocenters. The van der Waals surface area contributed by atoms with Gasteiger partial charge in [0.1, 0.15) is 11.6 Å². The van der Waals surface area contributed by atoms with Crippen LogP contribution in [0.4, 0.5) is 10.1 Å². The third kappa shape index (κ3) is 3.74. The lowest BCUT2D eigenvalue weighted by Gasteiger charge is -2.14. The van der Waals surface area contributed by atoms with Crippen molar-refractivity contribution in [1.82, 2.24) is 0 Å². The van der Waals surface area contributed by atoms with E-state index in [4.69, 9.17) is 16.3 Å². The summed E-state index contributed by atoms with van der Waals surface area (Å²) >= 11 is 5.73. The van der Waals surface area contributed by atoms with E-state index >= 15 is 0 Å². The summed E-state index contributed by atoms with van der Waals surface area (Å²) in [6.07, 6.45) is 0. The van der Waals surface area contributed by atoms with Gasteiger partial charge >= 0.3 is 0 Å². The van der Waals surface area contributed by atoms with E-state index in [0.717, 1.165) is 22.1 Å². The fourth-order valence-electron chi connectivity index (χ4n) is 2.62. The summed E-state index contributed by atoms with van der Waals surface area (Å²) in [6.45, 7) is 1.79. The van der Waals surface area contributed by atoms with Crippen LogP contribution in [0.15, 0.2) is 54.6 Å². The van der Waals surface area contributed by atoms with Gasteiger partial charge in [-0.15, -0.1) is 0 Å². The molecule has 0 heterocycles. The Hall–Kier alpha value is -2.59. The second-order valence-electron chi connectivity index (χ2n) is 5.81. The fourth-order valence-corrected chi connectivity index (χ4v) is 2.78. The fraction of sp³-hybridized carbons (Fsp3) is 0.150. The number of carbonyl (C=O) groups excluding carboxylic acids is 1. The summed E-state index contributed by atoms with van der Waals surface area (Å²) < 4.78 is 19.1. The van der Waals surface area contributed by atoms with Crippen LogP contribution >= 0.6 is 11.6 Å². The van der Waals surface area contributed by atoms with Gasteiger partial charge in [-0.25, -0.2) is 4.39 Å². The van der Waals surface area contributed by atoms with Crippen LogP contribution < -0.4 is 10.1 Å². The zero-order chi connectivity index (χ0) is 18.0. The van der Waals surface area contributed by atoms with Gasteiger partial charge in [-0.3, -0.25) is 4.79 Å². The number of nitrogens with one attached hydrogen (secondary N) is 1. The number of carbonyl (C=O) groups is 1. The van der Waals surface area contributed by atoms with Gasteiger partial charge in [0, 0.05) is 5.02 Å². The second-order valence-corrected chi connectivity index (χ2v) is 6.24. The molecule has 0 aliphatic carbocycles. The van der Waals surface area contributed by atoms with Crippen molar-refractivity contribution in [3.63, 3.8) is 0 Å². The SMILES string of the molecule is COc1ccc2cc([C@H](C)C(=O)Nc3ccc(Cl)cc3F)ccc2c1. The number of halogens is 2. The predicted octanol–water partition coefficient (Wildman–Crippen LogP) is 5.38. The summed E-state index contributed by atoms with van der Waals surface area (Å²) in [7, 11) is 1.62. The highest BCUT2D eigenvalue weighted by atomic mass is 35.5. The van der Waals surface area contributed by atoms with Crippen LogP contribution in [0.1, 0.15) is 18.4 Å². The molecule has 1 amide bonds. The van der Waals surface area contributed by atoms with Gasteiger partial charge in [-0.2, -0.15) is 0 Å². The molecule has 3 aromatic rings. The minimum atomic E-state index is -0.557. The van der Waals surface area contributed by atoms with Crippen molar-refractivity contribution in [2.45, 2.75) is 12.8 Å². The van der Waals surface area contributed by atoms with E-state index in [2.05, 4.69) is 5.32 Å². The first-order chi connectivity index (χ1) is 12.0. The molecule has 3 nitrogen and oxygen atoms in total. The van der Waals surface area contributed by atoms with Gasteiger partial charge < -0.3 is 10.1 Å². The highest BCUT2D eigenvalue weighted by molar-refractivity contribution is 6.30. The monoisotopic (exact) mass is 357 g/mol. The van der Waals surface area contributed by atoms with Gasteiger partial charge in [0.05, 0.1) is 18.7 Å². The summed E-state index contributed by atoms with van der Waals surface area (Å²) in [5, 5.41) is 4.93. The Kier molecular flexibility index (Phi) is 4.91. The van der Waals surface area contributed by atoms with Gasteiger partial charge in [0.25, 0.3) is 0 Å². The van der Waals surface area contributed by atoms with Crippen LogP contribution in [-0.2, 0) is 4.79 Å². The molecule has 0 fully saturated rings. The molecule has 3 rings (SSSR count). The van der Waals surface area contributed by atoms with Gasteiger partial charge in [-0.05, 0) is 53.6 Å². The number of methoxy groups -OCH3 is 1. The van der Waals surface area contributed by atoms with Crippen LogP contribution in [0.2, 0.25) is 5.02 Å². The molecular formula is C20H17ClFNO2. The smallest absolute Gasteiger partial charge is 0.231 e. The minimum absolute atomic E-state index is 0.117. The standard InChI is InChI=1S/C20H17ClFNO2/c1-12(20(24)23-19-8-6-16(21)11-18(19)22)13-3-4-15-10-17(25-2)7-5-14(15)9-13/h3-12H,1-2H3,(H,23,24)/t12-/m0/s1. The number of benzene rings is 3. The zero-order valence-corrected chi connectivity index (χ0v) is 14.6. The molecule has 1 N–H and O–H groups in total. The Balaban J connectivity index is 1.82. The number of hydrogen-bond donors (Lipinski definition) is 1. The molecule has 0 saturated carbocycles. The van der Waals surface area contributed by atoms with E-state index < -0.39 is 11.7 Å². The third-order valence-electron chi connectivity index (χ3n) is 4.15. The molecule has 3 aromatic carbocycles. The molecule has 0 spiro atoms. The molecule has 0 saturated heterocycles. The molecule has 0 bridgehead atoms. The van der Waals surface area contributed by atoms with E-state index in [0.29, 0.717) is 0 Å². The summed E-state index contributed by atoms with van der Waals surface area (Å²) in [5.74, 6) is -0.487. The number of rotatable bonds is 4. The maximum Gasteiger partial charge on any atom is 0.231 e. The van der Waals surface area contributed by atoms with Crippen molar-refractivity contribution < 1.29 is 13.9 Å². The van der Waals surface area contributed by atoms with Crippen molar-refractivity contribution in [3.05, 3.63) is 71.0 Å². The highest BCUT2D eigenvalue weighted by Crippen LogP contribution is 2.26. The molecule has 1 atom stereocenters. The topological polar surface area (TPSA) is 38.3 Å². The van der Waals surface area contributed by atoms with Crippen molar-refractivity contribution in [3.8, 4) is 5.75 Å². The van der Waals surface area contributed by atoms with Gasteiger partial charge in [0.15, 0.2) is 0 Å². The normalized spacial score (nSPS) is 12.0. The number of anilines is 1. The van der Waals surface area contributed by atoms with Crippen LogP contribution in [0, 0.1) is 5.82 Å². The Morgan fingerprint density at radius 1 is 1.08 bits per heavy atom. The van der Waals surface area contributed by atoms with E-state index in [9.17, 15) is 9.18 Å². The second kappa shape index (κ2) is 7.11. The van der Waals surface area contributed by atoms with Crippen molar-refractivity contribution in [2.75, 3.05) is 12.4 Å². The molecule has 25 heavy (non-hydrogen) atoms. The summed E-state index contributed by atoms with van der Waals surface area (Å²) in [6, 6.07) is 15.7. The van der Waals surface area contributed by atoms with Crippen LogP contribution in [0.3, 0.4) is 0 Å². The molecule has 128 valence electrons. The lowest BCUT2D eigenvalue weighted by atomic mass is 9.97. The first-order valence-electron chi connectivity index (χ1n) is 7.81. The van der Waals surface area contributed by atoms with E-state index in [1.165, 1.54) is 18.2 Å². The van der Waals surface area contributed by atoms with Crippen molar-refractivity contribution in [2.24, 2.45) is 0 Å². The molecule has 0 radical (unpaired) electrons. The summed E-state index contributed by atoms with van der Waals surface area (Å²) in [5.41, 5.74) is 0.969. The van der Waals surface area contributed by atoms with Crippen LogP contribution in [-0.4, -0.2) is 13.0 Å². The zero-order valence-electron chi connectivity index (χ0n) is 13.8. The quantitative estimate of drug-likeness (QED) is 0.680. The Morgan fingerprint density at radius 3 is 2.52 bits per heavy atom. The van der Waals surface area contributed by atoms with Crippen LogP contribution in [0.25, 0.3) is 10.8 Å². The molecule has 0 aliphatic heterocycles. The molecular weight excluding hydrogens is 341 g/mol. The number of ether oxygens (including phenoxy) is 1. The number of hydrogen-bond acceptors (Lipinski definition) is 2.